The van der Waals surface area contributed by atoms with Crippen molar-refractivity contribution in [2.45, 2.75) is 39.2 Å². The highest BCUT2D eigenvalue weighted by atomic mass is 15.3. The van der Waals surface area contributed by atoms with Crippen LogP contribution in [0.2, 0.25) is 0 Å². The van der Waals surface area contributed by atoms with Gasteiger partial charge in [-0.15, -0.1) is 0 Å². The smallest absolute Gasteiger partial charge is 0.193 e. The topological polar surface area (TPSA) is 58.3 Å². The molecule has 0 bridgehead atoms. The maximum Gasteiger partial charge on any atom is 0.193 e. The minimum Gasteiger partial charge on any atom is -0.356 e. The lowest BCUT2D eigenvalue weighted by molar-refractivity contribution is 0.188. The molecule has 0 amide bonds. The van der Waals surface area contributed by atoms with Crippen molar-refractivity contribution in [2.24, 2.45) is 16.8 Å². The third kappa shape index (κ3) is 4.67. The number of likely N-dealkylation sites (tertiary alicyclic amines) is 1. The van der Waals surface area contributed by atoms with Crippen molar-refractivity contribution >= 4 is 5.96 Å². The normalized spacial score (nSPS) is 22.1. The first-order valence-corrected chi connectivity index (χ1v) is 9.93. The van der Waals surface area contributed by atoms with Gasteiger partial charge in [-0.2, -0.15) is 0 Å². The van der Waals surface area contributed by atoms with E-state index in [0.717, 1.165) is 32.0 Å². The Kier molecular flexibility index (Phi) is 6.48. The van der Waals surface area contributed by atoms with Crippen LogP contribution in [0.5, 0.6) is 0 Å². The number of rotatable bonds is 5. The van der Waals surface area contributed by atoms with Crippen molar-refractivity contribution in [1.82, 2.24) is 24.8 Å². The number of piperidine rings is 1. The minimum atomic E-state index is 0.406. The zero-order chi connectivity index (χ0) is 19.2. The largest absolute Gasteiger partial charge is 0.356 e. The van der Waals surface area contributed by atoms with E-state index in [0.29, 0.717) is 23.8 Å². The molecule has 3 atom stereocenters. The van der Waals surface area contributed by atoms with Crippen molar-refractivity contribution in [3.63, 3.8) is 0 Å². The van der Waals surface area contributed by atoms with Crippen LogP contribution in [-0.4, -0.2) is 52.1 Å². The standard InChI is InChI=1S/C21H32N6/c1-16(2)19(18-6-5-8-23-12-18)13-25-21(22-4)26-10-7-17(3)20(14-26)27-11-9-24-15-27/h5-6,8-9,11-12,15-17,19-20H,7,10,13-14H2,1-4H3,(H,22,25). The minimum absolute atomic E-state index is 0.406. The highest BCUT2D eigenvalue weighted by Crippen LogP contribution is 2.28. The predicted molar refractivity (Wildman–Crippen MR) is 110 cm³/mol. The first-order chi connectivity index (χ1) is 13.1. The number of aromatic nitrogens is 3. The van der Waals surface area contributed by atoms with Gasteiger partial charge in [-0.1, -0.05) is 26.8 Å². The second-order valence-corrected chi connectivity index (χ2v) is 7.85. The van der Waals surface area contributed by atoms with Crippen LogP contribution in [0.25, 0.3) is 0 Å². The maximum absolute atomic E-state index is 4.57. The molecule has 2 aromatic rings. The van der Waals surface area contributed by atoms with E-state index in [-0.39, 0.29) is 0 Å². The lowest BCUT2D eigenvalue weighted by Crippen LogP contribution is -2.49. The molecule has 1 N–H and O–H groups in total. The van der Waals surface area contributed by atoms with Crippen molar-refractivity contribution in [3.8, 4) is 0 Å². The van der Waals surface area contributed by atoms with Crippen LogP contribution >= 0.6 is 0 Å². The molecule has 0 aliphatic carbocycles. The SMILES string of the molecule is CN=C(NCC(c1cccnc1)C(C)C)N1CCC(C)C(n2ccnc2)C1. The van der Waals surface area contributed by atoms with Crippen molar-refractivity contribution in [2.75, 3.05) is 26.7 Å². The van der Waals surface area contributed by atoms with Crippen LogP contribution in [0.1, 0.15) is 44.7 Å². The molecule has 3 rings (SSSR count). The Bertz CT molecular complexity index is 710. The van der Waals surface area contributed by atoms with Gasteiger partial charge in [-0.25, -0.2) is 4.98 Å². The van der Waals surface area contributed by atoms with Gasteiger partial charge in [0.1, 0.15) is 0 Å². The van der Waals surface area contributed by atoms with Gasteiger partial charge in [0, 0.05) is 57.4 Å². The third-order valence-corrected chi connectivity index (χ3v) is 5.74. The molecule has 6 heteroatoms. The average Bonchev–Trinajstić information content (AvgIpc) is 3.21. The monoisotopic (exact) mass is 368 g/mol. The summed E-state index contributed by atoms with van der Waals surface area (Å²) in [5.41, 5.74) is 1.28. The molecule has 1 aliphatic heterocycles. The molecule has 0 saturated carbocycles. The number of imidazole rings is 1. The molecule has 1 aliphatic rings. The maximum atomic E-state index is 4.57. The van der Waals surface area contributed by atoms with Gasteiger partial charge in [-0.3, -0.25) is 9.98 Å². The van der Waals surface area contributed by atoms with Gasteiger partial charge < -0.3 is 14.8 Å². The van der Waals surface area contributed by atoms with Gasteiger partial charge in [0.25, 0.3) is 0 Å². The van der Waals surface area contributed by atoms with E-state index in [1.54, 1.807) is 0 Å². The van der Waals surface area contributed by atoms with Crippen LogP contribution in [0.3, 0.4) is 0 Å². The molecule has 0 radical (unpaired) electrons. The fourth-order valence-electron chi connectivity index (χ4n) is 3.96. The summed E-state index contributed by atoms with van der Waals surface area (Å²) in [5.74, 6) is 2.55. The number of guanidine groups is 1. The molecule has 1 fully saturated rings. The van der Waals surface area contributed by atoms with Crippen LogP contribution in [0.15, 0.2) is 48.2 Å². The first kappa shape index (κ1) is 19.4. The molecule has 6 nitrogen and oxygen atoms in total. The summed E-state index contributed by atoms with van der Waals surface area (Å²) >= 11 is 0. The van der Waals surface area contributed by atoms with E-state index < -0.39 is 0 Å². The zero-order valence-electron chi connectivity index (χ0n) is 16.9. The fourth-order valence-corrected chi connectivity index (χ4v) is 3.96. The summed E-state index contributed by atoms with van der Waals surface area (Å²) in [6, 6.07) is 4.61. The molecular weight excluding hydrogens is 336 g/mol. The van der Waals surface area contributed by atoms with Crippen LogP contribution in [0.4, 0.5) is 0 Å². The highest BCUT2D eigenvalue weighted by Gasteiger charge is 2.29. The van der Waals surface area contributed by atoms with Gasteiger partial charge >= 0.3 is 0 Å². The Morgan fingerprint density at radius 1 is 1.33 bits per heavy atom. The summed E-state index contributed by atoms with van der Waals surface area (Å²) in [6.07, 6.45) is 10.8. The van der Waals surface area contributed by atoms with Gasteiger partial charge in [-0.05, 0) is 29.9 Å². The summed E-state index contributed by atoms with van der Waals surface area (Å²) in [4.78, 5) is 15.5. The quantitative estimate of drug-likeness (QED) is 0.650. The first-order valence-electron chi connectivity index (χ1n) is 9.93. The van der Waals surface area contributed by atoms with Gasteiger partial charge in [0.15, 0.2) is 5.96 Å². The lowest BCUT2D eigenvalue weighted by Gasteiger charge is -2.39. The number of hydrogen-bond acceptors (Lipinski definition) is 3. The van der Waals surface area contributed by atoms with Crippen molar-refractivity contribution < 1.29 is 0 Å². The van der Waals surface area contributed by atoms with Crippen LogP contribution < -0.4 is 5.32 Å². The number of nitrogens with one attached hydrogen (secondary N) is 1. The predicted octanol–water partition coefficient (Wildman–Crippen LogP) is 3.18. The molecule has 2 aromatic heterocycles. The fraction of sp³-hybridized carbons (Fsp3) is 0.571. The van der Waals surface area contributed by atoms with Crippen molar-refractivity contribution in [1.29, 1.82) is 0 Å². The number of pyridine rings is 1. The molecule has 0 aromatic carbocycles. The van der Waals surface area contributed by atoms with E-state index >= 15 is 0 Å². The van der Waals surface area contributed by atoms with E-state index in [9.17, 15) is 0 Å². The van der Waals surface area contributed by atoms with Gasteiger partial charge in [0.2, 0.25) is 0 Å². The summed E-state index contributed by atoms with van der Waals surface area (Å²) in [7, 11) is 1.88. The summed E-state index contributed by atoms with van der Waals surface area (Å²) in [6.45, 7) is 9.70. The molecule has 3 unspecified atom stereocenters. The number of hydrogen-bond donors (Lipinski definition) is 1. The highest BCUT2D eigenvalue weighted by molar-refractivity contribution is 5.80. The molecule has 3 heterocycles. The summed E-state index contributed by atoms with van der Waals surface area (Å²) < 4.78 is 2.23. The zero-order valence-corrected chi connectivity index (χ0v) is 16.9. The van der Waals surface area contributed by atoms with E-state index in [1.807, 2.05) is 38.0 Å². The molecule has 0 spiro atoms. The van der Waals surface area contributed by atoms with E-state index in [4.69, 9.17) is 0 Å². The summed E-state index contributed by atoms with van der Waals surface area (Å²) in [5, 5.41) is 3.62. The Balaban J connectivity index is 1.66. The van der Waals surface area contributed by atoms with E-state index in [2.05, 4.69) is 62.8 Å². The molecule has 146 valence electrons. The second kappa shape index (κ2) is 9.02. The Hall–Kier alpha value is -2.37. The van der Waals surface area contributed by atoms with Gasteiger partial charge in [0.05, 0.1) is 12.4 Å². The lowest BCUT2D eigenvalue weighted by atomic mass is 9.89. The Morgan fingerprint density at radius 2 is 2.19 bits per heavy atom. The second-order valence-electron chi connectivity index (χ2n) is 7.85. The third-order valence-electron chi connectivity index (χ3n) is 5.74. The molecular formula is C21H32N6. The van der Waals surface area contributed by atoms with Crippen LogP contribution in [-0.2, 0) is 0 Å². The van der Waals surface area contributed by atoms with E-state index in [1.165, 1.54) is 5.56 Å². The molecule has 27 heavy (non-hydrogen) atoms. The van der Waals surface area contributed by atoms with Crippen LogP contribution in [0, 0.1) is 11.8 Å². The number of aliphatic imine (C=N–C) groups is 1. The van der Waals surface area contributed by atoms with Crippen molar-refractivity contribution in [3.05, 3.63) is 48.8 Å². The number of nitrogens with zero attached hydrogens (tertiary/aromatic N) is 5. The Morgan fingerprint density at radius 3 is 2.81 bits per heavy atom. The molecule has 1 saturated heterocycles. The Labute approximate surface area is 162 Å². The average molecular weight is 369 g/mol.